The maximum Gasteiger partial charge on any atom is 0.304 e. The van der Waals surface area contributed by atoms with Gasteiger partial charge in [-0.2, -0.15) is 0 Å². The second kappa shape index (κ2) is 5.86. The van der Waals surface area contributed by atoms with E-state index in [2.05, 4.69) is 0 Å². The monoisotopic (exact) mass is 272 g/mol. The van der Waals surface area contributed by atoms with E-state index in [0.717, 1.165) is 0 Å². The van der Waals surface area contributed by atoms with E-state index in [-0.39, 0.29) is 4.90 Å². The normalized spacial score (nSPS) is 11.2. The second-order valence-corrected chi connectivity index (χ2v) is 5.90. The Morgan fingerprint density at radius 1 is 1.39 bits per heavy atom. The van der Waals surface area contributed by atoms with Crippen LogP contribution < -0.4 is 4.74 Å². The molecule has 6 heteroatoms. The molecule has 1 rings (SSSR count). The van der Waals surface area contributed by atoms with E-state index in [1.807, 2.05) is 6.92 Å². The van der Waals surface area contributed by atoms with Crippen molar-refractivity contribution >= 4 is 15.8 Å². The fraction of sp³-hybridized carbons (Fsp3) is 0.417. The number of sulfone groups is 1. The van der Waals surface area contributed by atoms with Gasteiger partial charge in [0, 0.05) is 0 Å². The molecule has 1 N–H and O–H groups in total. The summed E-state index contributed by atoms with van der Waals surface area (Å²) in [5.74, 6) is -0.911. The molecule has 0 heterocycles. The Morgan fingerprint density at radius 2 is 2.06 bits per heavy atom. The molecule has 0 saturated heterocycles. The van der Waals surface area contributed by atoms with Crippen molar-refractivity contribution in [3.05, 3.63) is 23.8 Å². The Labute approximate surface area is 106 Å². The van der Waals surface area contributed by atoms with E-state index in [9.17, 15) is 13.2 Å². The lowest BCUT2D eigenvalue weighted by atomic mass is 10.2. The van der Waals surface area contributed by atoms with E-state index in [1.165, 1.54) is 6.07 Å². The standard InChI is InChI=1S/C12H16O5S/c1-3-17-10-4-5-11(9(2)8-10)18(15,16)7-6-12(13)14/h4-5,8H,3,6-7H2,1-2H3,(H,13,14). The fourth-order valence-corrected chi connectivity index (χ4v) is 3.05. The van der Waals surface area contributed by atoms with Crippen LogP contribution in [-0.4, -0.2) is 31.9 Å². The van der Waals surface area contributed by atoms with E-state index < -0.39 is 28.0 Å². The minimum absolute atomic E-state index is 0.159. The minimum Gasteiger partial charge on any atom is -0.494 e. The summed E-state index contributed by atoms with van der Waals surface area (Å²) in [7, 11) is -3.55. The highest BCUT2D eigenvalue weighted by molar-refractivity contribution is 7.91. The van der Waals surface area contributed by atoms with Gasteiger partial charge in [0.25, 0.3) is 0 Å². The number of aliphatic carboxylic acids is 1. The molecule has 0 bridgehead atoms. The zero-order chi connectivity index (χ0) is 13.8. The molecule has 0 aliphatic carbocycles. The first-order valence-electron chi connectivity index (χ1n) is 5.55. The topological polar surface area (TPSA) is 80.7 Å². The van der Waals surface area contributed by atoms with Gasteiger partial charge in [-0.25, -0.2) is 8.42 Å². The van der Waals surface area contributed by atoms with Crippen LogP contribution in [0.25, 0.3) is 0 Å². The van der Waals surface area contributed by atoms with Crippen molar-refractivity contribution in [3.63, 3.8) is 0 Å². The zero-order valence-electron chi connectivity index (χ0n) is 10.3. The van der Waals surface area contributed by atoms with Crippen molar-refractivity contribution in [1.82, 2.24) is 0 Å². The van der Waals surface area contributed by atoms with Gasteiger partial charge in [-0.1, -0.05) is 0 Å². The SMILES string of the molecule is CCOc1ccc(S(=O)(=O)CCC(=O)O)c(C)c1. The molecule has 0 spiro atoms. The maximum atomic E-state index is 11.9. The largest absolute Gasteiger partial charge is 0.494 e. The van der Waals surface area contributed by atoms with Gasteiger partial charge in [0.05, 0.1) is 23.7 Å². The molecule has 5 nitrogen and oxygen atoms in total. The number of carboxylic acid groups (broad SMARTS) is 1. The Morgan fingerprint density at radius 3 is 2.56 bits per heavy atom. The van der Waals surface area contributed by atoms with Gasteiger partial charge in [-0.3, -0.25) is 4.79 Å². The molecule has 1 aromatic carbocycles. The van der Waals surface area contributed by atoms with E-state index >= 15 is 0 Å². The number of carbonyl (C=O) groups is 1. The average Bonchev–Trinajstić information content (AvgIpc) is 2.27. The minimum atomic E-state index is -3.55. The molecule has 0 aromatic heterocycles. The molecule has 0 fully saturated rings. The average molecular weight is 272 g/mol. The summed E-state index contributed by atoms with van der Waals surface area (Å²) in [6, 6.07) is 4.67. The van der Waals surface area contributed by atoms with Crippen molar-refractivity contribution < 1.29 is 23.1 Å². The third-order valence-corrected chi connectivity index (χ3v) is 4.25. The van der Waals surface area contributed by atoms with Gasteiger partial charge in [0.15, 0.2) is 9.84 Å². The van der Waals surface area contributed by atoms with E-state index in [1.54, 1.807) is 19.1 Å². The van der Waals surface area contributed by atoms with Crippen LogP contribution >= 0.6 is 0 Å². The molecule has 0 aliphatic rings. The third-order valence-electron chi connectivity index (χ3n) is 2.38. The van der Waals surface area contributed by atoms with Crippen LogP contribution in [0.15, 0.2) is 23.1 Å². The highest BCUT2D eigenvalue weighted by Gasteiger charge is 2.18. The number of ether oxygens (including phenoxy) is 1. The highest BCUT2D eigenvalue weighted by atomic mass is 32.2. The van der Waals surface area contributed by atoms with Crippen LogP contribution in [0, 0.1) is 6.92 Å². The lowest BCUT2D eigenvalue weighted by Crippen LogP contribution is -2.12. The molecule has 18 heavy (non-hydrogen) atoms. The fourth-order valence-electron chi connectivity index (χ4n) is 1.56. The number of benzene rings is 1. The molecule has 0 saturated carbocycles. The zero-order valence-corrected chi connectivity index (χ0v) is 11.2. The summed E-state index contributed by atoms with van der Waals surface area (Å²) in [5, 5.41) is 8.52. The van der Waals surface area contributed by atoms with Gasteiger partial charge in [0.2, 0.25) is 0 Å². The van der Waals surface area contributed by atoms with Gasteiger partial charge >= 0.3 is 5.97 Å². The van der Waals surface area contributed by atoms with Gasteiger partial charge < -0.3 is 9.84 Å². The first-order valence-corrected chi connectivity index (χ1v) is 7.20. The summed E-state index contributed by atoms with van der Waals surface area (Å²) in [6.45, 7) is 4.01. The summed E-state index contributed by atoms with van der Waals surface area (Å²) in [4.78, 5) is 10.6. The highest BCUT2D eigenvalue weighted by Crippen LogP contribution is 2.22. The molecule has 1 aromatic rings. The molecule has 0 atom stereocenters. The Hall–Kier alpha value is -1.56. The van der Waals surface area contributed by atoms with Crippen molar-refractivity contribution in [2.75, 3.05) is 12.4 Å². The number of hydrogen-bond donors (Lipinski definition) is 1. The number of aryl methyl sites for hydroxylation is 1. The van der Waals surface area contributed by atoms with Crippen LogP contribution in [-0.2, 0) is 14.6 Å². The first kappa shape index (κ1) is 14.5. The Balaban J connectivity index is 2.99. The molecule has 0 radical (unpaired) electrons. The molecule has 100 valence electrons. The second-order valence-electron chi connectivity index (χ2n) is 3.82. The number of rotatable bonds is 6. The number of hydrogen-bond acceptors (Lipinski definition) is 4. The van der Waals surface area contributed by atoms with E-state index in [0.29, 0.717) is 17.9 Å². The van der Waals surface area contributed by atoms with Crippen LogP contribution in [0.4, 0.5) is 0 Å². The lowest BCUT2D eigenvalue weighted by molar-refractivity contribution is -0.136. The molecule has 0 unspecified atom stereocenters. The summed E-state index contributed by atoms with van der Waals surface area (Å²) >= 11 is 0. The van der Waals surface area contributed by atoms with Crippen LogP contribution in [0.5, 0.6) is 5.75 Å². The third kappa shape index (κ3) is 3.73. The summed E-state index contributed by atoms with van der Waals surface area (Å²) in [6.07, 6.45) is -0.394. The molecule has 0 aliphatic heterocycles. The van der Waals surface area contributed by atoms with Crippen molar-refractivity contribution in [1.29, 1.82) is 0 Å². The summed E-state index contributed by atoms with van der Waals surface area (Å²) < 4.78 is 29.1. The molecule has 0 amide bonds. The summed E-state index contributed by atoms with van der Waals surface area (Å²) in [5.41, 5.74) is 0.561. The molecular formula is C12H16O5S. The quantitative estimate of drug-likeness (QED) is 0.851. The van der Waals surface area contributed by atoms with Crippen molar-refractivity contribution in [2.24, 2.45) is 0 Å². The Bertz CT molecular complexity index is 533. The van der Waals surface area contributed by atoms with Crippen LogP contribution in [0.2, 0.25) is 0 Å². The number of carboxylic acids is 1. The maximum absolute atomic E-state index is 11.9. The van der Waals surface area contributed by atoms with Gasteiger partial charge in [0.1, 0.15) is 5.75 Å². The van der Waals surface area contributed by atoms with Crippen LogP contribution in [0.3, 0.4) is 0 Å². The van der Waals surface area contributed by atoms with Gasteiger partial charge in [-0.05, 0) is 37.6 Å². The van der Waals surface area contributed by atoms with Crippen LogP contribution in [0.1, 0.15) is 18.9 Å². The predicted molar refractivity (Wildman–Crippen MR) is 66.7 cm³/mol. The first-order chi connectivity index (χ1) is 8.36. The van der Waals surface area contributed by atoms with E-state index in [4.69, 9.17) is 9.84 Å². The van der Waals surface area contributed by atoms with Crippen molar-refractivity contribution in [3.8, 4) is 5.75 Å². The smallest absolute Gasteiger partial charge is 0.304 e. The van der Waals surface area contributed by atoms with Gasteiger partial charge in [-0.15, -0.1) is 0 Å². The predicted octanol–water partition coefficient (Wildman–Crippen LogP) is 1.64. The Kier molecular flexibility index (Phi) is 4.72. The lowest BCUT2D eigenvalue weighted by Gasteiger charge is -2.09. The molecular weight excluding hydrogens is 256 g/mol. The van der Waals surface area contributed by atoms with Crippen molar-refractivity contribution in [2.45, 2.75) is 25.2 Å².